The predicted octanol–water partition coefficient (Wildman–Crippen LogP) is 0.991. The Kier molecular flexibility index (Phi) is 2.24. The third-order valence-corrected chi connectivity index (χ3v) is 2.00. The SMILES string of the molecule is CCc1onc(C(N)=O)c1-c1ccno1. The number of aryl methyl sites for hydroxylation is 1. The van der Waals surface area contributed by atoms with Gasteiger partial charge in [0, 0.05) is 12.5 Å². The van der Waals surface area contributed by atoms with E-state index in [0.717, 1.165) is 0 Å². The maximum Gasteiger partial charge on any atom is 0.271 e. The lowest BCUT2D eigenvalue weighted by Crippen LogP contribution is -2.12. The third-order valence-electron chi connectivity index (χ3n) is 2.00. The molecule has 0 fully saturated rings. The van der Waals surface area contributed by atoms with Crippen molar-refractivity contribution in [2.45, 2.75) is 13.3 Å². The van der Waals surface area contributed by atoms with Gasteiger partial charge in [-0.2, -0.15) is 0 Å². The van der Waals surface area contributed by atoms with Crippen molar-refractivity contribution < 1.29 is 13.8 Å². The number of primary amides is 1. The Bertz CT molecular complexity index is 473. The number of nitrogens with two attached hydrogens (primary N) is 1. The van der Waals surface area contributed by atoms with Gasteiger partial charge in [0.15, 0.2) is 11.5 Å². The first-order valence-electron chi connectivity index (χ1n) is 4.43. The standard InChI is InChI=1S/C9H9N3O3/c1-2-5-7(6-3-4-11-14-6)8(9(10)13)12-15-5/h3-4H,2H2,1H3,(H2,10,13). The van der Waals surface area contributed by atoms with Crippen LogP contribution in [0.25, 0.3) is 11.3 Å². The van der Waals surface area contributed by atoms with Crippen LogP contribution in [0.15, 0.2) is 21.3 Å². The van der Waals surface area contributed by atoms with Gasteiger partial charge in [-0.15, -0.1) is 0 Å². The highest BCUT2D eigenvalue weighted by atomic mass is 16.5. The predicted molar refractivity (Wildman–Crippen MR) is 49.9 cm³/mol. The van der Waals surface area contributed by atoms with Gasteiger partial charge in [-0.1, -0.05) is 17.2 Å². The molecule has 0 saturated carbocycles. The molecule has 0 radical (unpaired) electrons. The van der Waals surface area contributed by atoms with Gasteiger partial charge in [0.1, 0.15) is 5.76 Å². The zero-order valence-corrected chi connectivity index (χ0v) is 8.06. The number of hydrogen-bond donors (Lipinski definition) is 1. The molecule has 0 aliphatic heterocycles. The van der Waals surface area contributed by atoms with Crippen molar-refractivity contribution in [1.82, 2.24) is 10.3 Å². The number of carbonyl (C=O) groups excluding carboxylic acids is 1. The van der Waals surface area contributed by atoms with Crippen LogP contribution in [0.4, 0.5) is 0 Å². The maximum atomic E-state index is 11.1. The Morgan fingerprint density at radius 3 is 2.87 bits per heavy atom. The molecule has 78 valence electrons. The van der Waals surface area contributed by atoms with E-state index in [1.165, 1.54) is 6.20 Å². The minimum absolute atomic E-state index is 0.0728. The lowest BCUT2D eigenvalue weighted by atomic mass is 10.1. The van der Waals surface area contributed by atoms with Crippen molar-refractivity contribution in [3.05, 3.63) is 23.7 Å². The summed E-state index contributed by atoms with van der Waals surface area (Å²) in [6, 6.07) is 1.62. The molecule has 0 atom stereocenters. The molecule has 0 aliphatic rings. The van der Waals surface area contributed by atoms with Crippen molar-refractivity contribution in [3.8, 4) is 11.3 Å². The van der Waals surface area contributed by atoms with E-state index in [1.807, 2.05) is 6.92 Å². The molecule has 2 aromatic heterocycles. The Hall–Kier alpha value is -2.11. The number of nitrogens with zero attached hydrogens (tertiary/aromatic N) is 2. The summed E-state index contributed by atoms with van der Waals surface area (Å²) in [5, 5.41) is 7.16. The van der Waals surface area contributed by atoms with Crippen molar-refractivity contribution in [1.29, 1.82) is 0 Å². The fourth-order valence-electron chi connectivity index (χ4n) is 1.33. The van der Waals surface area contributed by atoms with E-state index in [2.05, 4.69) is 10.3 Å². The first-order chi connectivity index (χ1) is 7.24. The number of rotatable bonds is 3. The van der Waals surface area contributed by atoms with Gasteiger partial charge in [0.25, 0.3) is 5.91 Å². The largest absolute Gasteiger partial charge is 0.364 e. The molecule has 0 saturated heterocycles. The maximum absolute atomic E-state index is 11.1. The van der Waals surface area contributed by atoms with Crippen LogP contribution in [-0.4, -0.2) is 16.2 Å². The van der Waals surface area contributed by atoms with Gasteiger partial charge < -0.3 is 14.8 Å². The smallest absolute Gasteiger partial charge is 0.271 e. The molecule has 0 unspecified atom stereocenters. The van der Waals surface area contributed by atoms with Crippen LogP contribution < -0.4 is 5.73 Å². The molecule has 0 bridgehead atoms. The zero-order valence-electron chi connectivity index (χ0n) is 8.06. The fourth-order valence-corrected chi connectivity index (χ4v) is 1.33. The fraction of sp³-hybridized carbons (Fsp3) is 0.222. The summed E-state index contributed by atoms with van der Waals surface area (Å²) in [6.45, 7) is 1.88. The molecule has 1 amide bonds. The molecule has 6 nitrogen and oxygen atoms in total. The van der Waals surface area contributed by atoms with Crippen LogP contribution in [0.2, 0.25) is 0 Å². The number of amides is 1. The summed E-state index contributed by atoms with van der Waals surface area (Å²) in [5.41, 5.74) is 5.73. The number of aromatic nitrogens is 2. The third kappa shape index (κ3) is 1.50. The van der Waals surface area contributed by atoms with Gasteiger partial charge in [0.2, 0.25) is 0 Å². The molecule has 2 heterocycles. The lowest BCUT2D eigenvalue weighted by molar-refractivity contribution is 0.0992. The zero-order chi connectivity index (χ0) is 10.8. The molecule has 2 N–H and O–H groups in total. The van der Waals surface area contributed by atoms with E-state index in [1.54, 1.807) is 6.07 Å². The van der Waals surface area contributed by atoms with Crippen LogP contribution in [0, 0.1) is 0 Å². The first kappa shape index (κ1) is 9.45. The van der Waals surface area contributed by atoms with Crippen LogP contribution in [0.5, 0.6) is 0 Å². The molecule has 0 spiro atoms. The first-order valence-corrected chi connectivity index (χ1v) is 4.43. The molecular weight excluding hydrogens is 198 g/mol. The second-order valence-corrected chi connectivity index (χ2v) is 2.92. The molecule has 0 aromatic carbocycles. The monoisotopic (exact) mass is 207 g/mol. The van der Waals surface area contributed by atoms with Crippen LogP contribution >= 0.6 is 0 Å². The molecule has 2 aromatic rings. The van der Waals surface area contributed by atoms with Gasteiger partial charge in [-0.05, 0) is 0 Å². The average molecular weight is 207 g/mol. The van der Waals surface area contributed by atoms with Gasteiger partial charge in [-0.25, -0.2) is 0 Å². The minimum atomic E-state index is -0.648. The molecule has 0 aliphatic carbocycles. The van der Waals surface area contributed by atoms with Gasteiger partial charge >= 0.3 is 0 Å². The van der Waals surface area contributed by atoms with Crippen LogP contribution in [0.3, 0.4) is 0 Å². The number of carbonyl (C=O) groups is 1. The second-order valence-electron chi connectivity index (χ2n) is 2.92. The molecule has 15 heavy (non-hydrogen) atoms. The highest BCUT2D eigenvalue weighted by Crippen LogP contribution is 2.27. The Balaban J connectivity index is 2.61. The number of hydrogen-bond acceptors (Lipinski definition) is 5. The quantitative estimate of drug-likeness (QED) is 0.809. The normalized spacial score (nSPS) is 10.5. The summed E-state index contributed by atoms with van der Waals surface area (Å²) >= 11 is 0. The topological polar surface area (TPSA) is 95.2 Å². The summed E-state index contributed by atoms with van der Waals surface area (Å²) in [6.07, 6.45) is 2.07. The van der Waals surface area contributed by atoms with Crippen molar-refractivity contribution in [2.24, 2.45) is 5.73 Å². The van der Waals surface area contributed by atoms with E-state index in [-0.39, 0.29) is 5.69 Å². The van der Waals surface area contributed by atoms with Crippen molar-refractivity contribution >= 4 is 5.91 Å². The minimum Gasteiger partial charge on any atom is -0.364 e. The van der Waals surface area contributed by atoms with E-state index in [4.69, 9.17) is 14.8 Å². The summed E-state index contributed by atoms with van der Waals surface area (Å²) < 4.78 is 9.94. The Morgan fingerprint density at radius 2 is 2.33 bits per heavy atom. The highest BCUT2D eigenvalue weighted by molar-refractivity contribution is 5.97. The summed E-state index contributed by atoms with van der Waals surface area (Å²) in [5.74, 6) is 0.340. The summed E-state index contributed by atoms with van der Waals surface area (Å²) in [7, 11) is 0. The van der Waals surface area contributed by atoms with E-state index in [9.17, 15) is 4.79 Å². The van der Waals surface area contributed by atoms with Crippen LogP contribution in [-0.2, 0) is 6.42 Å². The van der Waals surface area contributed by atoms with E-state index in [0.29, 0.717) is 23.5 Å². The molecular formula is C9H9N3O3. The van der Waals surface area contributed by atoms with Gasteiger partial charge in [0.05, 0.1) is 11.8 Å². The Morgan fingerprint density at radius 1 is 1.53 bits per heavy atom. The van der Waals surface area contributed by atoms with Crippen molar-refractivity contribution in [2.75, 3.05) is 0 Å². The van der Waals surface area contributed by atoms with E-state index < -0.39 is 5.91 Å². The van der Waals surface area contributed by atoms with Crippen molar-refractivity contribution in [3.63, 3.8) is 0 Å². The van der Waals surface area contributed by atoms with Gasteiger partial charge in [-0.3, -0.25) is 4.79 Å². The average Bonchev–Trinajstić information content (AvgIpc) is 2.85. The van der Waals surface area contributed by atoms with E-state index >= 15 is 0 Å². The second kappa shape index (κ2) is 3.56. The Labute approximate surface area is 85.0 Å². The van der Waals surface area contributed by atoms with Crippen LogP contribution in [0.1, 0.15) is 23.2 Å². The molecule has 2 rings (SSSR count). The highest BCUT2D eigenvalue weighted by Gasteiger charge is 2.22. The lowest BCUT2D eigenvalue weighted by Gasteiger charge is -1.94. The summed E-state index contributed by atoms with van der Waals surface area (Å²) in [4.78, 5) is 11.1. The molecule has 6 heteroatoms.